The van der Waals surface area contributed by atoms with Crippen LogP contribution in [0.15, 0.2) is 87.5 Å². The van der Waals surface area contributed by atoms with Gasteiger partial charge in [0.05, 0.1) is 10.9 Å². The molecule has 1 N–H and O–H groups in total. The molecule has 0 amide bonds. The van der Waals surface area contributed by atoms with Crippen molar-refractivity contribution in [3.8, 4) is 5.75 Å². The Morgan fingerprint density at radius 3 is 1.38 bits per heavy atom. The second-order valence-electron chi connectivity index (χ2n) is 5.34. The fourth-order valence-electron chi connectivity index (χ4n) is 2.56. The van der Waals surface area contributed by atoms with Crippen LogP contribution in [0.4, 0.5) is 0 Å². The van der Waals surface area contributed by atoms with Gasteiger partial charge in [0.1, 0.15) is 5.75 Å². The Hall–Kier alpha value is -2.19. The molecule has 3 rings (SSSR count). The summed E-state index contributed by atoms with van der Waals surface area (Å²) >= 11 is 0. The highest BCUT2D eigenvalue weighted by Crippen LogP contribution is 2.34. The van der Waals surface area contributed by atoms with E-state index in [1.54, 1.807) is 0 Å². The van der Waals surface area contributed by atoms with Crippen molar-refractivity contribution in [1.82, 2.24) is 0 Å². The zero-order valence-corrected chi connectivity index (χ0v) is 15.6. The highest BCUT2D eigenvalue weighted by atomic mass is 32.2. The highest BCUT2D eigenvalue weighted by molar-refractivity contribution is 7.97. The standard InChI is InChI=1S/C20H18OS.C2H6/c1-15-13-19(14-16(2)20(15)21)22(17-9-5-3-6-10-17)18-11-7-4-8-12-18;1-2/h3-14H,1-2H3;1-2H3/p+1. The van der Waals surface area contributed by atoms with Gasteiger partial charge in [-0.1, -0.05) is 50.2 Å². The quantitative estimate of drug-likeness (QED) is 0.570. The maximum atomic E-state index is 10.1. The minimum Gasteiger partial charge on any atom is -0.507 e. The minimum absolute atomic E-state index is 0.155. The Labute approximate surface area is 148 Å². The van der Waals surface area contributed by atoms with Gasteiger partial charge in [0.25, 0.3) is 0 Å². The number of benzene rings is 3. The number of rotatable bonds is 3. The van der Waals surface area contributed by atoms with Crippen LogP contribution in [-0.4, -0.2) is 5.11 Å². The van der Waals surface area contributed by atoms with Crippen LogP contribution in [0.25, 0.3) is 0 Å². The van der Waals surface area contributed by atoms with Crippen LogP contribution in [0.1, 0.15) is 25.0 Å². The van der Waals surface area contributed by atoms with Gasteiger partial charge in [-0.2, -0.15) is 0 Å². The molecule has 0 saturated carbocycles. The predicted octanol–water partition coefficient (Wildman–Crippen LogP) is 6.13. The van der Waals surface area contributed by atoms with Gasteiger partial charge < -0.3 is 5.11 Å². The summed E-state index contributed by atoms with van der Waals surface area (Å²) in [7, 11) is -0.155. The summed E-state index contributed by atoms with van der Waals surface area (Å²) in [4.78, 5) is 3.82. The lowest BCUT2D eigenvalue weighted by atomic mass is 10.1. The number of hydrogen-bond donors (Lipinski definition) is 1. The molecular formula is C22H25OS+. The minimum atomic E-state index is -0.155. The Morgan fingerprint density at radius 2 is 1.00 bits per heavy atom. The number of phenolic OH excluding ortho intramolecular Hbond substituents is 1. The summed E-state index contributed by atoms with van der Waals surface area (Å²) in [6.45, 7) is 7.92. The van der Waals surface area contributed by atoms with Gasteiger partial charge in [-0.05, 0) is 49.2 Å². The molecule has 1 nitrogen and oxygen atoms in total. The molecule has 0 saturated heterocycles. The van der Waals surface area contributed by atoms with Gasteiger partial charge in [-0.25, -0.2) is 0 Å². The molecule has 0 aromatic heterocycles. The zero-order valence-electron chi connectivity index (χ0n) is 14.8. The van der Waals surface area contributed by atoms with E-state index in [1.165, 1.54) is 14.7 Å². The Bertz CT molecular complexity index is 704. The van der Waals surface area contributed by atoms with Crippen LogP contribution in [0.5, 0.6) is 5.75 Å². The summed E-state index contributed by atoms with van der Waals surface area (Å²) in [5.74, 6) is 0.397. The van der Waals surface area contributed by atoms with Gasteiger partial charge in [0.2, 0.25) is 0 Å². The molecule has 124 valence electrons. The van der Waals surface area contributed by atoms with Crippen LogP contribution < -0.4 is 0 Å². The second kappa shape index (κ2) is 8.60. The summed E-state index contributed by atoms with van der Waals surface area (Å²) in [6, 6.07) is 25.3. The summed E-state index contributed by atoms with van der Waals surface area (Å²) < 4.78 is 0. The normalized spacial score (nSPS) is 10.2. The van der Waals surface area contributed by atoms with Gasteiger partial charge in [0, 0.05) is 12.1 Å². The summed E-state index contributed by atoms with van der Waals surface area (Å²) in [6.07, 6.45) is 0. The molecule has 3 aromatic carbocycles. The number of phenols is 1. The van der Waals surface area contributed by atoms with Crippen molar-refractivity contribution < 1.29 is 5.11 Å². The molecule has 0 aliphatic carbocycles. The number of aromatic hydroxyl groups is 1. The molecule has 0 radical (unpaired) electrons. The third-order valence-corrected chi connectivity index (χ3v) is 5.85. The maximum Gasteiger partial charge on any atom is 0.167 e. The van der Waals surface area contributed by atoms with E-state index in [0.717, 1.165) is 11.1 Å². The van der Waals surface area contributed by atoms with Crippen molar-refractivity contribution in [2.45, 2.75) is 42.4 Å². The maximum absolute atomic E-state index is 10.1. The average Bonchev–Trinajstić information content (AvgIpc) is 2.63. The Kier molecular flexibility index (Phi) is 6.51. The van der Waals surface area contributed by atoms with E-state index in [2.05, 4.69) is 60.7 Å². The first kappa shape index (κ1) is 18.2. The van der Waals surface area contributed by atoms with E-state index >= 15 is 0 Å². The number of aryl methyl sites for hydroxylation is 2. The van der Waals surface area contributed by atoms with Crippen molar-refractivity contribution in [3.05, 3.63) is 83.9 Å². The van der Waals surface area contributed by atoms with Gasteiger partial charge in [0.15, 0.2) is 14.7 Å². The summed E-state index contributed by atoms with van der Waals surface area (Å²) in [5.41, 5.74) is 1.86. The molecule has 24 heavy (non-hydrogen) atoms. The lowest BCUT2D eigenvalue weighted by Crippen LogP contribution is -2.05. The van der Waals surface area contributed by atoms with E-state index < -0.39 is 0 Å². The predicted molar refractivity (Wildman–Crippen MR) is 104 cm³/mol. The number of hydrogen-bond acceptors (Lipinski definition) is 1. The van der Waals surface area contributed by atoms with Crippen LogP contribution in [0, 0.1) is 13.8 Å². The molecule has 0 atom stereocenters. The third-order valence-electron chi connectivity index (χ3n) is 3.66. The molecule has 0 heterocycles. The van der Waals surface area contributed by atoms with E-state index in [1.807, 2.05) is 39.8 Å². The van der Waals surface area contributed by atoms with E-state index in [0.29, 0.717) is 5.75 Å². The SMILES string of the molecule is CC.Cc1cc([S+](c2ccccc2)c2ccccc2)cc(C)c1O. The van der Waals surface area contributed by atoms with Crippen LogP contribution in [0.3, 0.4) is 0 Å². The third kappa shape index (κ3) is 4.01. The smallest absolute Gasteiger partial charge is 0.167 e. The van der Waals surface area contributed by atoms with Gasteiger partial charge in [-0.15, -0.1) is 0 Å². The van der Waals surface area contributed by atoms with Crippen molar-refractivity contribution in [2.75, 3.05) is 0 Å². The van der Waals surface area contributed by atoms with Crippen LogP contribution >= 0.6 is 0 Å². The first-order valence-corrected chi connectivity index (χ1v) is 9.54. The van der Waals surface area contributed by atoms with Crippen molar-refractivity contribution in [2.24, 2.45) is 0 Å². The molecule has 2 heteroatoms. The zero-order chi connectivity index (χ0) is 17.5. The average molecular weight is 338 g/mol. The van der Waals surface area contributed by atoms with E-state index in [9.17, 15) is 5.11 Å². The lowest BCUT2D eigenvalue weighted by molar-refractivity contribution is 0.466. The Morgan fingerprint density at radius 1 is 0.625 bits per heavy atom. The molecule has 0 bridgehead atoms. The van der Waals surface area contributed by atoms with Crippen LogP contribution in [0.2, 0.25) is 0 Å². The van der Waals surface area contributed by atoms with E-state index in [4.69, 9.17) is 0 Å². The first-order chi connectivity index (χ1) is 11.7. The lowest BCUT2D eigenvalue weighted by Gasteiger charge is -2.10. The topological polar surface area (TPSA) is 20.2 Å². The molecule has 0 aliphatic rings. The second-order valence-corrected chi connectivity index (χ2v) is 7.36. The fourth-order valence-corrected chi connectivity index (χ4v) is 4.82. The first-order valence-electron chi connectivity index (χ1n) is 8.31. The van der Waals surface area contributed by atoms with Gasteiger partial charge >= 0.3 is 0 Å². The largest absolute Gasteiger partial charge is 0.507 e. The summed E-state index contributed by atoms with van der Waals surface area (Å²) in [5, 5.41) is 10.1. The van der Waals surface area contributed by atoms with E-state index in [-0.39, 0.29) is 10.9 Å². The highest BCUT2D eigenvalue weighted by Gasteiger charge is 2.29. The molecule has 0 unspecified atom stereocenters. The monoisotopic (exact) mass is 337 g/mol. The molecular weight excluding hydrogens is 312 g/mol. The van der Waals surface area contributed by atoms with Gasteiger partial charge in [-0.3, -0.25) is 0 Å². The van der Waals surface area contributed by atoms with Crippen LogP contribution in [-0.2, 0) is 10.9 Å². The molecule has 3 aromatic rings. The van der Waals surface area contributed by atoms with Crippen molar-refractivity contribution >= 4 is 10.9 Å². The van der Waals surface area contributed by atoms with Crippen molar-refractivity contribution in [3.63, 3.8) is 0 Å². The molecule has 0 fully saturated rings. The van der Waals surface area contributed by atoms with Crippen molar-refractivity contribution in [1.29, 1.82) is 0 Å². The molecule has 0 spiro atoms. The Balaban J connectivity index is 0.00000100. The molecule has 0 aliphatic heterocycles. The fraction of sp³-hybridized carbons (Fsp3) is 0.182.